The fourth-order valence-electron chi connectivity index (χ4n) is 12.8. The van der Waals surface area contributed by atoms with Gasteiger partial charge in [0.15, 0.2) is 10.2 Å². The Morgan fingerprint density at radius 2 is 0.470 bits per heavy atom. The van der Waals surface area contributed by atoms with E-state index in [1.165, 1.54) is 231 Å². The second-order valence-electron chi connectivity index (χ2n) is 28.8. The Bertz CT molecular complexity index is 1760. The van der Waals surface area contributed by atoms with Gasteiger partial charge in [-0.15, -0.1) is 0 Å². The molecule has 100 heavy (non-hydrogen) atoms. The number of carbonyl (C=O) groups is 8. The minimum Gasteiger partial charge on any atom is -0.466 e. The molecule has 0 saturated carbocycles. The average Bonchev–Trinajstić information content (AvgIpc) is 0.852. The molecule has 0 aromatic heterocycles. The molecule has 2 unspecified atom stereocenters. The van der Waals surface area contributed by atoms with E-state index in [-0.39, 0.29) is 85.5 Å². The van der Waals surface area contributed by atoms with Gasteiger partial charge in [-0.1, -0.05) is 334 Å². The predicted molar refractivity (Wildman–Crippen MR) is 417 cm³/mol. The molecule has 0 aromatic carbocycles. The lowest BCUT2D eigenvalue weighted by molar-refractivity contribution is -0.146. The van der Waals surface area contributed by atoms with Crippen molar-refractivity contribution in [2.45, 2.75) is 399 Å². The molecule has 1 fully saturated rings. The highest BCUT2D eigenvalue weighted by molar-refractivity contribution is 8.13. The van der Waals surface area contributed by atoms with Crippen LogP contribution in [0.2, 0.25) is 0 Å². The molecule has 0 aliphatic carbocycles. The summed E-state index contributed by atoms with van der Waals surface area (Å²) in [4.78, 5) is 108. The third kappa shape index (κ3) is 63.3. The number of ether oxygens (including phenoxy) is 4. The number of unbranched alkanes of at least 4 members (excludes halogenated alkanes) is 44. The van der Waals surface area contributed by atoms with Crippen LogP contribution in [0.3, 0.4) is 0 Å². The van der Waals surface area contributed by atoms with Crippen molar-refractivity contribution in [2.75, 3.05) is 77.2 Å². The first-order chi connectivity index (χ1) is 48.9. The Balaban J connectivity index is 2.61. The molecule has 0 radical (unpaired) electrons. The van der Waals surface area contributed by atoms with Gasteiger partial charge in [-0.25, -0.2) is 0 Å². The van der Waals surface area contributed by atoms with Crippen LogP contribution in [0.5, 0.6) is 0 Å². The first-order valence-corrected chi connectivity index (χ1v) is 43.9. The summed E-state index contributed by atoms with van der Waals surface area (Å²) in [7, 11) is 0. The fourth-order valence-corrected chi connectivity index (χ4v) is 14.5. The quantitative estimate of drug-likeness (QED) is 0.0330. The highest BCUT2D eigenvalue weighted by atomic mass is 32.2. The first kappa shape index (κ1) is 94.8. The summed E-state index contributed by atoms with van der Waals surface area (Å²) >= 11 is 2.26. The summed E-state index contributed by atoms with van der Waals surface area (Å²) in [5, 5.41) is 5.27. The van der Waals surface area contributed by atoms with E-state index in [4.69, 9.17) is 18.9 Å². The summed E-state index contributed by atoms with van der Waals surface area (Å²) < 4.78 is 22.4. The van der Waals surface area contributed by atoms with Gasteiger partial charge in [-0.2, -0.15) is 0 Å². The summed E-state index contributed by atoms with van der Waals surface area (Å²) in [5.41, 5.74) is 0. The Kier molecular flexibility index (Phi) is 68.9. The van der Waals surface area contributed by atoms with Crippen LogP contribution in [0.15, 0.2) is 0 Å². The maximum atomic E-state index is 13.3. The van der Waals surface area contributed by atoms with Gasteiger partial charge in [0.25, 0.3) is 0 Å². The molecular weight excluding hydrogens is 1300 g/mol. The summed E-state index contributed by atoms with van der Waals surface area (Å²) in [6, 6.07) is -1.78. The summed E-state index contributed by atoms with van der Waals surface area (Å²) in [5.74, 6) is -1.07. The van der Waals surface area contributed by atoms with E-state index in [2.05, 4.69) is 38.3 Å². The Morgan fingerprint density at radius 1 is 0.280 bits per heavy atom. The van der Waals surface area contributed by atoms with Crippen LogP contribution in [-0.2, 0) is 57.3 Å². The van der Waals surface area contributed by atoms with Gasteiger partial charge >= 0.3 is 23.9 Å². The summed E-state index contributed by atoms with van der Waals surface area (Å²) in [6.07, 6.45) is 60.2. The number of nitrogens with zero attached hydrogens (tertiary/aromatic N) is 2. The number of hydrogen-bond donors (Lipinski definition) is 2. The largest absolute Gasteiger partial charge is 0.466 e. The molecule has 0 spiro atoms. The highest BCUT2D eigenvalue weighted by Crippen LogP contribution is 2.20. The number of nitrogens with one attached hydrogen (secondary N) is 2. The molecule has 2 atom stereocenters. The molecule has 2 amide bonds. The SMILES string of the molecule is CCCCCCCCCCCCCCOC(=O)CCN(CCSC(=O)CCC1NC(=O)C(CCC(=O)SCCN(CCC(=O)OCCCCCCCCCCCCCC)CCC(=O)OCCCCCCCCCCCCCC)NC1=O)CCC(=O)OCCCCCCCCCCCCCC. The van der Waals surface area contributed by atoms with Gasteiger partial charge in [-0.05, 0) is 38.5 Å². The van der Waals surface area contributed by atoms with Crippen molar-refractivity contribution in [3.05, 3.63) is 0 Å². The number of amides is 2. The molecule has 0 aromatic rings. The van der Waals surface area contributed by atoms with Crippen molar-refractivity contribution in [3.63, 3.8) is 0 Å². The van der Waals surface area contributed by atoms with Gasteiger partial charge in [0, 0.05) is 63.6 Å². The number of thioether (sulfide) groups is 2. The predicted octanol–water partition coefficient (Wildman–Crippen LogP) is 20.2. The van der Waals surface area contributed by atoms with Crippen LogP contribution in [0.4, 0.5) is 0 Å². The van der Waals surface area contributed by atoms with Crippen LogP contribution in [0.1, 0.15) is 387 Å². The van der Waals surface area contributed by atoms with Crippen molar-refractivity contribution in [2.24, 2.45) is 0 Å². The van der Waals surface area contributed by atoms with Crippen molar-refractivity contribution in [3.8, 4) is 0 Å². The minimum atomic E-state index is -0.888. The molecule has 2 N–H and O–H groups in total. The second kappa shape index (κ2) is 72.7. The Hall–Kier alpha value is -3.22. The number of carbonyl (C=O) groups excluding carboxylic acids is 8. The average molecular weight is 1450 g/mol. The molecule has 18 heteroatoms. The first-order valence-electron chi connectivity index (χ1n) is 41.9. The third-order valence-electron chi connectivity index (χ3n) is 19.5. The van der Waals surface area contributed by atoms with E-state index in [0.717, 1.165) is 101 Å². The van der Waals surface area contributed by atoms with Crippen LogP contribution in [0.25, 0.3) is 0 Å². The van der Waals surface area contributed by atoms with Gasteiger partial charge in [0.2, 0.25) is 11.8 Å². The number of esters is 4. The van der Waals surface area contributed by atoms with Crippen LogP contribution < -0.4 is 10.6 Å². The second-order valence-corrected chi connectivity index (χ2v) is 31.1. The lowest BCUT2D eigenvalue weighted by atomic mass is 10.0. The van der Waals surface area contributed by atoms with Crippen molar-refractivity contribution < 1.29 is 57.3 Å². The van der Waals surface area contributed by atoms with E-state index in [1.807, 2.05) is 9.80 Å². The van der Waals surface area contributed by atoms with Gasteiger partial charge in [0.1, 0.15) is 12.1 Å². The van der Waals surface area contributed by atoms with Gasteiger partial charge < -0.3 is 39.4 Å². The summed E-state index contributed by atoms with van der Waals surface area (Å²) in [6.45, 7) is 13.0. The molecular formula is C82H152N4O12S2. The zero-order valence-corrected chi connectivity index (χ0v) is 66.5. The maximum Gasteiger partial charge on any atom is 0.307 e. The van der Waals surface area contributed by atoms with E-state index in [0.29, 0.717) is 77.2 Å². The zero-order valence-electron chi connectivity index (χ0n) is 64.8. The van der Waals surface area contributed by atoms with E-state index < -0.39 is 23.9 Å². The molecule has 1 rings (SSSR count). The molecule has 584 valence electrons. The topological polar surface area (TPSA) is 204 Å². The lowest BCUT2D eigenvalue weighted by Crippen LogP contribution is -2.61. The molecule has 1 aliphatic heterocycles. The third-order valence-corrected chi connectivity index (χ3v) is 21.3. The molecule has 1 aliphatic rings. The van der Waals surface area contributed by atoms with Crippen molar-refractivity contribution in [1.82, 2.24) is 20.4 Å². The minimum absolute atomic E-state index is 0.0536. The van der Waals surface area contributed by atoms with E-state index in [9.17, 15) is 38.4 Å². The lowest BCUT2D eigenvalue weighted by Gasteiger charge is -2.29. The Morgan fingerprint density at radius 3 is 0.670 bits per heavy atom. The van der Waals surface area contributed by atoms with E-state index in [1.54, 1.807) is 0 Å². The number of hydrogen-bond acceptors (Lipinski definition) is 16. The standard InChI is InChI=1S/C82H152N4O12S2/c1-5-9-13-17-21-25-29-33-37-41-45-49-67-95-75(87)57-61-85(62-58-76(88)96-68-50-46-42-38-34-30-26-22-18-14-10-6-2)65-71-99-79(91)55-53-73-81(93)84-74(82(94)83-73)54-56-80(92)100-72-66-86(63-59-77(89)97-69-51-47-43-39-35-31-27-23-19-15-11-7-3)64-60-78(90)98-70-52-48-44-40-36-32-28-24-20-16-12-8-4/h73-74H,5-72H2,1-4H3,(H,83,94)(H,84,93). The normalized spacial score (nSPS) is 13.8. The Labute approximate surface area is 620 Å². The number of rotatable bonds is 76. The molecule has 1 heterocycles. The fraction of sp³-hybridized carbons (Fsp3) is 0.902. The van der Waals surface area contributed by atoms with Gasteiger partial charge in [-0.3, -0.25) is 38.4 Å². The van der Waals surface area contributed by atoms with E-state index >= 15 is 0 Å². The van der Waals surface area contributed by atoms with Crippen LogP contribution in [-0.4, -0.2) is 145 Å². The van der Waals surface area contributed by atoms with Crippen LogP contribution in [0, 0.1) is 0 Å². The smallest absolute Gasteiger partial charge is 0.307 e. The van der Waals surface area contributed by atoms with Crippen molar-refractivity contribution >= 4 is 69.4 Å². The monoisotopic (exact) mass is 1450 g/mol. The molecule has 1 saturated heterocycles. The number of piperazine rings is 1. The van der Waals surface area contributed by atoms with Crippen LogP contribution >= 0.6 is 23.5 Å². The van der Waals surface area contributed by atoms with Crippen molar-refractivity contribution in [1.29, 1.82) is 0 Å². The highest BCUT2D eigenvalue weighted by Gasteiger charge is 2.34. The molecule has 0 bridgehead atoms. The zero-order chi connectivity index (χ0) is 72.7. The maximum absolute atomic E-state index is 13.3. The molecule has 16 nitrogen and oxygen atoms in total. The van der Waals surface area contributed by atoms with Gasteiger partial charge in [0.05, 0.1) is 52.1 Å².